The van der Waals surface area contributed by atoms with Crippen LogP contribution in [0.4, 0.5) is 32.0 Å². The molecular formula is C13H11F6NO3S. The van der Waals surface area contributed by atoms with E-state index in [9.17, 15) is 39.6 Å². The van der Waals surface area contributed by atoms with Crippen LogP contribution in [0.25, 0.3) is 0 Å². The lowest BCUT2D eigenvalue weighted by atomic mass is 10.1. The standard InChI is InChI=1S/C13H11F6NO3S/c14-12(15,16)8-3-9(13(17,18)19)5-10(4-8)20-11(21)7-1-2-24(22,23)6-7/h3-5,7H,1-2,6H2,(H,20,21). The van der Waals surface area contributed by atoms with Crippen LogP contribution >= 0.6 is 0 Å². The quantitative estimate of drug-likeness (QED) is 0.808. The summed E-state index contributed by atoms with van der Waals surface area (Å²) < 4.78 is 98.9. The van der Waals surface area contributed by atoms with Gasteiger partial charge >= 0.3 is 12.4 Å². The van der Waals surface area contributed by atoms with E-state index >= 15 is 0 Å². The lowest BCUT2D eigenvalue weighted by Gasteiger charge is -2.16. The Morgan fingerprint density at radius 1 is 1.00 bits per heavy atom. The molecule has 0 saturated carbocycles. The van der Waals surface area contributed by atoms with Crippen molar-refractivity contribution in [2.45, 2.75) is 18.8 Å². The van der Waals surface area contributed by atoms with Crippen LogP contribution < -0.4 is 5.32 Å². The van der Waals surface area contributed by atoms with E-state index in [2.05, 4.69) is 0 Å². The maximum atomic E-state index is 12.7. The topological polar surface area (TPSA) is 63.2 Å². The van der Waals surface area contributed by atoms with Gasteiger partial charge in [0.25, 0.3) is 0 Å². The fourth-order valence-electron chi connectivity index (χ4n) is 2.27. The molecule has 0 spiro atoms. The highest BCUT2D eigenvalue weighted by Gasteiger charge is 2.38. The van der Waals surface area contributed by atoms with Crippen LogP contribution in [-0.2, 0) is 27.0 Å². The Morgan fingerprint density at radius 2 is 1.50 bits per heavy atom. The van der Waals surface area contributed by atoms with E-state index in [1.807, 2.05) is 5.32 Å². The van der Waals surface area contributed by atoms with Gasteiger partial charge in [0.2, 0.25) is 5.91 Å². The molecule has 1 aromatic carbocycles. The molecule has 4 nitrogen and oxygen atoms in total. The second-order valence-electron chi connectivity index (χ2n) is 5.38. The van der Waals surface area contributed by atoms with Crippen molar-refractivity contribution >= 4 is 21.4 Å². The Hall–Kier alpha value is -1.78. The van der Waals surface area contributed by atoms with Gasteiger partial charge < -0.3 is 5.32 Å². The third-order valence-corrected chi connectivity index (χ3v) is 5.23. The molecule has 134 valence electrons. The van der Waals surface area contributed by atoms with Gasteiger partial charge in [-0.1, -0.05) is 0 Å². The van der Waals surface area contributed by atoms with E-state index in [0.717, 1.165) is 0 Å². The summed E-state index contributed by atoms with van der Waals surface area (Å²) in [6.45, 7) is 0. The van der Waals surface area contributed by atoms with Gasteiger partial charge in [0.05, 0.1) is 28.6 Å². The lowest BCUT2D eigenvalue weighted by molar-refractivity contribution is -0.143. The van der Waals surface area contributed by atoms with Crippen molar-refractivity contribution in [2.24, 2.45) is 5.92 Å². The molecule has 1 fully saturated rings. The van der Waals surface area contributed by atoms with Crippen LogP contribution in [0.3, 0.4) is 0 Å². The van der Waals surface area contributed by atoms with Crippen molar-refractivity contribution < 1.29 is 39.6 Å². The van der Waals surface area contributed by atoms with Gasteiger partial charge in [-0.3, -0.25) is 4.79 Å². The first-order valence-electron chi connectivity index (χ1n) is 6.59. The molecule has 0 radical (unpaired) electrons. The fraction of sp³-hybridized carbons (Fsp3) is 0.462. The summed E-state index contributed by atoms with van der Waals surface area (Å²) in [5.74, 6) is -2.66. The number of sulfone groups is 1. The first-order chi connectivity index (χ1) is 10.8. The third-order valence-electron chi connectivity index (χ3n) is 3.46. The second kappa shape index (κ2) is 5.94. The largest absolute Gasteiger partial charge is 0.416 e. The van der Waals surface area contributed by atoms with Gasteiger partial charge in [0, 0.05) is 5.69 Å². The SMILES string of the molecule is O=C(Nc1cc(C(F)(F)F)cc(C(F)(F)F)c1)C1CCS(=O)(=O)C1. The summed E-state index contributed by atoms with van der Waals surface area (Å²) in [5.41, 5.74) is -3.82. The van der Waals surface area contributed by atoms with Crippen molar-refractivity contribution in [1.82, 2.24) is 0 Å². The Morgan fingerprint density at radius 3 is 1.88 bits per heavy atom. The summed E-state index contributed by atoms with van der Waals surface area (Å²) in [5, 5.41) is 1.94. The molecule has 1 N–H and O–H groups in total. The molecule has 0 bridgehead atoms. The molecule has 1 aliphatic rings. The van der Waals surface area contributed by atoms with Crippen molar-refractivity contribution in [3.05, 3.63) is 29.3 Å². The van der Waals surface area contributed by atoms with Gasteiger partial charge in [0.15, 0.2) is 9.84 Å². The predicted molar refractivity (Wildman–Crippen MR) is 71.8 cm³/mol. The van der Waals surface area contributed by atoms with Crippen LogP contribution in [-0.4, -0.2) is 25.8 Å². The molecule has 0 aliphatic carbocycles. The van der Waals surface area contributed by atoms with Crippen LogP contribution in [0.15, 0.2) is 18.2 Å². The molecule has 2 rings (SSSR count). The number of carbonyl (C=O) groups excluding carboxylic acids is 1. The Balaban J connectivity index is 2.31. The second-order valence-corrected chi connectivity index (χ2v) is 7.61. The maximum Gasteiger partial charge on any atom is 0.416 e. The number of benzene rings is 1. The number of rotatable bonds is 2. The zero-order valence-electron chi connectivity index (χ0n) is 11.8. The summed E-state index contributed by atoms with van der Waals surface area (Å²) >= 11 is 0. The van der Waals surface area contributed by atoms with Crippen molar-refractivity contribution in [2.75, 3.05) is 16.8 Å². The summed E-state index contributed by atoms with van der Waals surface area (Å²) in [4.78, 5) is 11.9. The molecule has 1 aliphatic heterocycles. The van der Waals surface area contributed by atoms with Crippen molar-refractivity contribution in [1.29, 1.82) is 0 Å². The molecular weight excluding hydrogens is 364 g/mol. The number of hydrogen-bond donors (Lipinski definition) is 1. The monoisotopic (exact) mass is 375 g/mol. The maximum absolute atomic E-state index is 12.7. The number of halogens is 6. The number of alkyl halides is 6. The van der Waals surface area contributed by atoms with E-state index in [-0.39, 0.29) is 18.2 Å². The normalized spacial score (nSPS) is 20.8. The highest BCUT2D eigenvalue weighted by Crippen LogP contribution is 2.37. The minimum Gasteiger partial charge on any atom is -0.326 e. The van der Waals surface area contributed by atoms with E-state index in [4.69, 9.17) is 0 Å². The lowest BCUT2D eigenvalue weighted by Crippen LogP contribution is -2.24. The molecule has 1 atom stereocenters. The Bertz CT molecular complexity index is 722. The molecule has 1 unspecified atom stereocenters. The van der Waals surface area contributed by atoms with Crippen molar-refractivity contribution in [3.63, 3.8) is 0 Å². The van der Waals surface area contributed by atoms with Gasteiger partial charge in [-0.15, -0.1) is 0 Å². The van der Waals surface area contributed by atoms with E-state index < -0.39 is 56.6 Å². The van der Waals surface area contributed by atoms with Gasteiger partial charge in [-0.2, -0.15) is 26.3 Å². The molecule has 0 aromatic heterocycles. The number of nitrogens with one attached hydrogen (secondary N) is 1. The molecule has 1 saturated heterocycles. The highest BCUT2D eigenvalue weighted by atomic mass is 32.2. The van der Waals surface area contributed by atoms with Crippen LogP contribution in [0.1, 0.15) is 17.5 Å². The smallest absolute Gasteiger partial charge is 0.326 e. The number of amides is 1. The molecule has 1 heterocycles. The minimum atomic E-state index is -5.03. The molecule has 1 aromatic rings. The van der Waals surface area contributed by atoms with Crippen LogP contribution in [0.2, 0.25) is 0 Å². The predicted octanol–water partition coefficient (Wildman–Crippen LogP) is 3.10. The zero-order chi connectivity index (χ0) is 18.3. The van der Waals surface area contributed by atoms with Gasteiger partial charge in [-0.25, -0.2) is 8.42 Å². The summed E-state index contributed by atoms with van der Waals surface area (Å²) in [6.07, 6.45) is -10.1. The Kier molecular flexibility index (Phi) is 4.59. The first-order valence-corrected chi connectivity index (χ1v) is 8.41. The summed E-state index contributed by atoms with van der Waals surface area (Å²) in [7, 11) is -3.42. The summed E-state index contributed by atoms with van der Waals surface area (Å²) in [6, 6.07) is 0.683. The number of anilines is 1. The van der Waals surface area contributed by atoms with Gasteiger partial charge in [-0.05, 0) is 24.6 Å². The van der Waals surface area contributed by atoms with E-state index in [1.54, 1.807) is 0 Å². The molecule has 1 amide bonds. The molecule has 24 heavy (non-hydrogen) atoms. The fourth-order valence-corrected chi connectivity index (χ4v) is 4.01. The van der Waals surface area contributed by atoms with Crippen molar-refractivity contribution in [3.8, 4) is 0 Å². The minimum absolute atomic E-state index is 0.0285. The first kappa shape index (κ1) is 18.6. The highest BCUT2D eigenvalue weighted by molar-refractivity contribution is 7.91. The average molecular weight is 375 g/mol. The van der Waals surface area contributed by atoms with E-state index in [1.165, 1.54) is 0 Å². The zero-order valence-corrected chi connectivity index (χ0v) is 12.6. The number of hydrogen-bond acceptors (Lipinski definition) is 3. The molecule has 11 heteroatoms. The van der Waals surface area contributed by atoms with Crippen LogP contribution in [0.5, 0.6) is 0 Å². The van der Waals surface area contributed by atoms with Gasteiger partial charge in [0.1, 0.15) is 0 Å². The number of carbonyl (C=O) groups is 1. The average Bonchev–Trinajstić information content (AvgIpc) is 2.77. The third kappa shape index (κ3) is 4.40. The van der Waals surface area contributed by atoms with E-state index in [0.29, 0.717) is 12.1 Å². The van der Waals surface area contributed by atoms with Crippen LogP contribution in [0, 0.1) is 5.92 Å². The Labute approximate surface area is 132 Å².